The van der Waals surface area contributed by atoms with Crippen molar-refractivity contribution in [2.75, 3.05) is 19.9 Å². The molecule has 0 unspecified atom stereocenters. The fraction of sp³-hybridized carbons (Fsp3) is 0.625. The van der Waals surface area contributed by atoms with Crippen LogP contribution in [0.2, 0.25) is 5.82 Å². The van der Waals surface area contributed by atoms with Gasteiger partial charge in [0, 0.05) is 0 Å². The van der Waals surface area contributed by atoms with Crippen LogP contribution >= 0.6 is 0 Å². The van der Waals surface area contributed by atoms with Crippen LogP contribution in [0.1, 0.15) is 32.6 Å². The van der Waals surface area contributed by atoms with Crippen molar-refractivity contribution in [1.29, 1.82) is 0 Å². The summed E-state index contributed by atoms with van der Waals surface area (Å²) in [5.74, 6) is 1.17. The molecule has 2 N–H and O–H groups in total. The Morgan fingerprint density at radius 3 is 3.00 bits per heavy atom. The van der Waals surface area contributed by atoms with Crippen molar-refractivity contribution in [2.24, 2.45) is 5.73 Å². The Morgan fingerprint density at radius 2 is 2.38 bits per heavy atom. The number of hydrogen-bond acceptors (Lipinski definition) is 4. The van der Waals surface area contributed by atoms with Gasteiger partial charge in [0.2, 0.25) is 0 Å². The Bertz CT molecular complexity index is 340. The summed E-state index contributed by atoms with van der Waals surface area (Å²) in [6, 6.07) is 0. The lowest BCUT2D eigenvalue weighted by Gasteiger charge is -2.11. The molecule has 21 heavy (non-hydrogen) atoms. The van der Waals surface area contributed by atoms with Gasteiger partial charge in [-0.2, -0.15) is 0 Å². The van der Waals surface area contributed by atoms with Crippen LogP contribution in [0.25, 0.3) is 0 Å². The van der Waals surface area contributed by atoms with E-state index < -0.39 is 0 Å². The Kier molecular flexibility index (Phi) is 9.96. The summed E-state index contributed by atoms with van der Waals surface area (Å²) in [5, 5.41) is 0. The zero-order valence-electron chi connectivity index (χ0n) is 13.0. The minimum absolute atomic E-state index is 0.219. The smallest absolute Gasteiger partial charge is 0.300 e. The molecule has 5 heteroatoms. The quantitative estimate of drug-likeness (QED) is 0.142. The second kappa shape index (κ2) is 11.6. The van der Waals surface area contributed by atoms with Gasteiger partial charge >= 0.3 is 0 Å². The molecule has 117 valence electrons. The van der Waals surface area contributed by atoms with Crippen LogP contribution in [-0.4, -0.2) is 33.5 Å². The molecule has 1 aliphatic heterocycles. The molecule has 0 bridgehead atoms. The van der Waals surface area contributed by atoms with E-state index in [0.29, 0.717) is 11.9 Å². The summed E-state index contributed by atoms with van der Waals surface area (Å²) in [6.45, 7) is 7.65. The second-order valence-corrected chi connectivity index (χ2v) is 4.99. The van der Waals surface area contributed by atoms with Crippen LogP contribution in [0, 0.1) is 0 Å². The summed E-state index contributed by atoms with van der Waals surface area (Å²) in [7, 11) is 1.81. The Balaban J connectivity index is 2.28. The maximum atomic E-state index is 5.68. The molecule has 0 saturated carbocycles. The number of nitrogens with two attached hydrogens (primary N) is 1. The fourth-order valence-electron chi connectivity index (χ4n) is 1.91. The first kappa shape index (κ1) is 18.0. The first-order valence-corrected chi connectivity index (χ1v) is 7.70. The largest absolute Gasteiger partial charge is 0.494 e. The summed E-state index contributed by atoms with van der Waals surface area (Å²) in [4.78, 5) is 0. The van der Waals surface area contributed by atoms with Crippen molar-refractivity contribution >= 4 is 7.48 Å². The Hall–Kier alpha value is -1.04. The molecule has 0 aromatic heterocycles. The van der Waals surface area contributed by atoms with E-state index in [0.717, 1.165) is 44.7 Å². The van der Waals surface area contributed by atoms with Crippen molar-refractivity contribution in [3.05, 3.63) is 36.6 Å². The van der Waals surface area contributed by atoms with Crippen LogP contribution in [0.5, 0.6) is 0 Å². The van der Waals surface area contributed by atoms with Gasteiger partial charge in [-0.15, -0.1) is 0 Å². The highest BCUT2D eigenvalue weighted by atomic mass is 16.6. The van der Waals surface area contributed by atoms with E-state index >= 15 is 0 Å². The van der Waals surface area contributed by atoms with E-state index in [1.165, 1.54) is 0 Å². The molecule has 0 aromatic carbocycles. The topological polar surface area (TPSA) is 57.0 Å². The minimum Gasteiger partial charge on any atom is -0.494 e. The molecule has 0 amide bonds. The first-order valence-electron chi connectivity index (χ1n) is 7.70. The van der Waals surface area contributed by atoms with Crippen LogP contribution in [0.3, 0.4) is 0 Å². The van der Waals surface area contributed by atoms with Crippen molar-refractivity contribution in [2.45, 2.75) is 44.5 Å². The second-order valence-electron chi connectivity index (χ2n) is 4.99. The third-order valence-electron chi connectivity index (χ3n) is 3.20. The molecule has 1 radical (unpaired) electrons. The van der Waals surface area contributed by atoms with Gasteiger partial charge in [0.15, 0.2) is 0 Å². The van der Waals surface area contributed by atoms with Crippen LogP contribution in [0.4, 0.5) is 0 Å². The molecule has 4 nitrogen and oxygen atoms in total. The van der Waals surface area contributed by atoms with E-state index in [2.05, 4.69) is 19.6 Å². The average molecular weight is 292 g/mol. The van der Waals surface area contributed by atoms with E-state index in [1.807, 2.05) is 19.6 Å². The van der Waals surface area contributed by atoms with Gasteiger partial charge in [-0.1, -0.05) is 32.1 Å². The van der Waals surface area contributed by atoms with E-state index in [-0.39, 0.29) is 6.73 Å². The molecule has 2 atom stereocenters. The van der Waals surface area contributed by atoms with Crippen LogP contribution in [0.15, 0.2) is 36.6 Å². The predicted octanol–water partition coefficient (Wildman–Crippen LogP) is 2.95. The molecule has 1 fully saturated rings. The molecule has 0 aliphatic carbocycles. The summed E-state index contributed by atoms with van der Waals surface area (Å²) in [6.07, 6.45) is 12.2. The number of epoxide rings is 1. The van der Waals surface area contributed by atoms with Gasteiger partial charge in [-0.05, 0) is 37.2 Å². The third-order valence-corrected chi connectivity index (χ3v) is 3.20. The monoisotopic (exact) mass is 292 g/mol. The Morgan fingerprint density at radius 1 is 1.57 bits per heavy atom. The van der Waals surface area contributed by atoms with E-state index in [4.69, 9.17) is 19.9 Å². The number of ether oxygens (including phenoxy) is 2. The summed E-state index contributed by atoms with van der Waals surface area (Å²) < 4.78 is 16.2. The number of rotatable bonds is 13. The zero-order valence-corrected chi connectivity index (χ0v) is 13.0. The molecule has 1 rings (SSSR count). The lowest BCUT2D eigenvalue weighted by molar-refractivity contribution is 0.219. The van der Waals surface area contributed by atoms with E-state index in [9.17, 15) is 0 Å². The predicted molar refractivity (Wildman–Crippen MR) is 86.9 cm³/mol. The van der Waals surface area contributed by atoms with Gasteiger partial charge in [-0.3, -0.25) is 0 Å². The van der Waals surface area contributed by atoms with Gasteiger partial charge in [-0.25, -0.2) is 0 Å². The maximum absolute atomic E-state index is 5.68. The molecular weight excluding hydrogens is 265 g/mol. The summed E-state index contributed by atoms with van der Waals surface area (Å²) >= 11 is 0. The molecule has 1 heterocycles. The van der Waals surface area contributed by atoms with Crippen molar-refractivity contribution in [3.8, 4) is 0 Å². The fourth-order valence-corrected chi connectivity index (χ4v) is 1.91. The zero-order chi connectivity index (χ0) is 15.3. The highest BCUT2D eigenvalue weighted by Gasteiger charge is 2.33. The van der Waals surface area contributed by atoms with Crippen molar-refractivity contribution < 1.29 is 14.1 Å². The lowest BCUT2D eigenvalue weighted by atomic mass is 9.74. The number of hydrogen-bond donors (Lipinski definition) is 1. The molecule has 1 aliphatic rings. The minimum atomic E-state index is 0.219. The van der Waals surface area contributed by atoms with Gasteiger partial charge in [0.05, 0.1) is 26.0 Å². The third kappa shape index (κ3) is 8.76. The maximum Gasteiger partial charge on any atom is 0.300 e. The Labute approximate surface area is 129 Å². The molecular formula is C16H27BNO3. The van der Waals surface area contributed by atoms with Gasteiger partial charge in [0.1, 0.15) is 5.76 Å². The standard InChI is InChI=1S/C16H27BNO3/c1-3-5-11-19-14(8-4-2)9-6-7-10-15(16-12-20-16)17-21-13-18/h4,6,8-9,15-16H,2-3,5,7,10-13,18H2,1H3/b9-6-,14-8+/t15-,16+/m0/s1. The van der Waals surface area contributed by atoms with Crippen LogP contribution < -0.4 is 5.73 Å². The number of allylic oxidation sites excluding steroid dienone is 4. The van der Waals surface area contributed by atoms with E-state index in [1.54, 1.807) is 6.08 Å². The first-order chi connectivity index (χ1) is 10.3. The van der Waals surface area contributed by atoms with Crippen molar-refractivity contribution in [1.82, 2.24) is 0 Å². The van der Waals surface area contributed by atoms with Gasteiger partial charge < -0.3 is 19.9 Å². The SMILES string of the molecule is C=C/C=C(\C=C/CC[C@H]([B]OCN)[C@H]1CO1)OCCCC. The molecule has 0 aromatic rings. The van der Waals surface area contributed by atoms with Crippen LogP contribution in [-0.2, 0) is 14.1 Å². The highest BCUT2D eigenvalue weighted by Crippen LogP contribution is 2.29. The molecule has 1 saturated heterocycles. The van der Waals surface area contributed by atoms with Crippen molar-refractivity contribution in [3.63, 3.8) is 0 Å². The van der Waals surface area contributed by atoms with Gasteiger partial charge in [0.25, 0.3) is 7.48 Å². The average Bonchev–Trinajstić information content (AvgIpc) is 3.31. The highest BCUT2D eigenvalue weighted by molar-refractivity contribution is 6.30. The molecule has 0 spiro atoms. The lowest BCUT2D eigenvalue weighted by Crippen LogP contribution is -2.17. The summed E-state index contributed by atoms with van der Waals surface area (Å²) in [5.41, 5.74) is 5.34. The normalized spacial score (nSPS) is 19.5. The number of unbranched alkanes of at least 4 members (excludes halogenated alkanes) is 1.